The average molecular weight is 471 g/mol. The molecule has 0 heterocycles. The predicted molar refractivity (Wildman–Crippen MR) is 133 cm³/mol. The monoisotopic (exact) mass is 470 g/mol. The molecule has 0 aliphatic heterocycles. The van der Waals surface area contributed by atoms with Gasteiger partial charge in [0.05, 0.1) is 6.61 Å². The van der Waals surface area contributed by atoms with Crippen LogP contribution in [0.5, 0.6) is 5.75 Å². The van der Waals surface area contributed by atoms with Crippen molar-refractivity contribution in [1.29, 1.82) is 0 Å². The van der Waals surface area contributed by atoms with Gasteiger partial charge in [0, 0.05) is 0 Å². The Morgan fingerprint density at radius 2 is 1.38 bits per heavy atom. The van der Waals surface area contributed by atoms with E-state index in [4.69, 9.17) is 4.74 Å². The summed E-state index contributed by atoms with van der Waals surface area (Å²) in [4.78, 5) is 0. The number of hydrogen-bond acceptors (Lipinski definition) is 1. The molecule has 0 saturated heterocycles. The first-order valence-corrected chi connectivity index (χ1v) is 13.1. The second-order valence-electron chi connectivity index (χ2n) is 10.1. The van der Waals surface area contributed by atoms with E-state index in [0.29, 0.717) is 23.7 Å². The molecule has 2 aromatic carbocycles. The van der Waals surface area contributed by atoms with Crippen LogP contribution in [-0.2, 0) is 0 Å². The van der Waals surface area contributed by atoms with Gasteiger partial charge in [0.1, 0.15) is 0 Å². The van der Waals surface area contributed by atoms with Gasteiger partial charge in [-0.2, -0.15) is 0 Å². The van der Waals surface area contributed by atoms with Gasteiger partial charge in [0.25, 0.3) is 0 Å². The molecule has 0 aromatic heterocycles. The van der Waals surface area contributed by atoms with Crippen molar-refractivity contribution in [2.24, 2.45) is 11.8 Å². The zero-order chi connectivity index (χ0) is 24.1. The lowest BCUT2D eigenvalue weighted by molar-refractivity contribution is 0.311. The van der Waals surface area contributed by atoms with Crippen LogP contribution in [0.1, 0.15) is 100 Å². The fraction of sp³-hybridized carbons (Fsp3) is 0.533. The average Bonchev–Trinajstić information content (AvgIpc) is 2.86. The smallest absolute Gasteiger partial charge is 0.165 e. The van der Waals surface area contributed by atoms with E-state index in [1.54, 1.807) is 6.07 Å². The molecule has 4 heteroatoms. The van der Waals surface area contributed by atoms with E-state index in [0.717, 1.165) is 62.8 Å². The Morgan fingerprint density at radius 1 is 0.794 bits per heavy atom. The zero-order valence-electron chi connectivity index (χ0n) is 20.5. The maximum absolute atomic E-state index is 15.1. The number of benzene rings is 2. The molecule has 2 aliphatic rings. The highest BCUT2D eigenvalue weighted by molar-refractivity contribution is 5.51. The summed E-state index contributed by atoms with van der Waals surface area (Å²) in [5.41, 5.74) is 1.93. The Kier molecular flexibility index (Phi) is 8.39. The second-order valence-corrected chi connectivity index (χ2v) is 10.1. The van der Waals surface area contributed by atoms with Crippen LogP contribution in [0.15, 0.2) is 36.4 Å². The third-order valence-corrected chi connectivity index (χ3v) is 8.03. The van der Waals surface area contributed by atoms with Crippen molar-refractivity contribution in [3.05, 3.63) is 70.5 Å². The minimum atomic E-state index is -0.626. The third-order valence-electron chi connectivity index (χ3n) is 8.03. The maximum Gasteiger partial charge on any atom is 0.165 e. The topological polar surface area (TPSA) is 9.23 Å². The largest absolute Gasteiger partial charge is 0.491 e. The summed E-state index contributed by atoms with van der Waals surface area (Å²) in [5.74, 6) is -0.00310. The van der Waals surface area contributed by atoms with E-state index in [9.17, 15) is 4.39 Å². The summed E-state index contributed by atoms with van der Waals surface area (Å²) in [6.45, 7) is 4.48. The zero-order valence-corrected chi connectivity index (χ0v) is 20.5. The number of rotatable bonds is 7. The van der Waals surface area contributed by atoms with Crippen LogP contribution in [0, 0.1) is 29.3 Å². The minimum absolute atomic E-state index is 0.0620. The minimum Gasteiger partial charge on any atom is -0.491 e. The molecular formula is C30H37F3O. The van der Waals surface area contributed by atoms with Crippen LogP contribution < -0.4 is 4.74 Å². The first-order chi connectivity index (χ1) is 16.5. The molecule has 0 spiro atoms. The molecule has 0 bridgehead atoms. The van der Waals surface area contributed by atoms with Gasteiger partial charge in [0.2, 0.25) is 0 Å². The van der Waals surface area contributed by atoms with Gasteiger partial charge in [0.15, 0.2) is 23.2 Å². The lowest BCUT2D eigenvalue weighted by Crippen LogP contribution is -2.16. The quantitative estimate of drug-likeness (QED) is 0.392. The van der Waals surface area contributed by atoms with Crippen molar-refractivity contribution in [3.63, 3.8) is 0 Å². The van der Waals surface area contributed by atoms with E-state index >= 15 is 8.78 Å². The van der Waals surface area contributed by atoms with Crippen molar-refractivity contribution >= 4 is 6.08 Å². The lowest BCUT2D eigenvalue weighted by Gasteiger charge is -2.30. The SMILES string of the molecule is CCOc1ccc(C=CC2CCC(c3ccc(C4CCC(CC)CC4)c(F)c3F)CC2)cc1F. The summed E-state index contributed by atoms with van der Waals surface area (Å²) < 4.78 is 49.5. The molecular weight excluding hydrogens is 433 g/mol. The molecule has 34 heavy (non-hydrogen) atoms. The van der Waals surface area contributed by atoms with Gasteiger partial charge in [-0.15, -0.1) is 0 Å². The highest BCUT2D eigenvalue weighted by Gasteiger charge is 2.29. The Balaban J connectivity index is 1.35. The van der Waals surface area contributed by atoms with Gasteiger partial charge in [-0.1, -0.05) is 43.7 Å². The van der Waals surface area contributed by atoms with Crippen LogP contribution in [0.4, 0.5) is 13.2 Å². The molecule has 4 rings (SSSR count). The molecule has 0 radical (unpaired) electrons. The van der Waals surface area contributed by atoms with Crippen LogP contribution >= 0.6 is 0 Å². The fourth-order valence-corrected chi connectivity index (χ4v) is 5.85. The third kappa shape index (κ3) is 5.70. The van der Waals surface area contributed by atoms with Crippen molar-refractivity contribution < 1.29 is 17.9 Å². The van der Waals surface area contributed by atoms with Crippen LogP contribution in [-0.4, -0.2) is 6.61 Å². The first kappa shape index (κ1) is 24.9. The molecule has 0 N–H and O–H groups in total. The fourth-order valence-electron chi connectivity index (χ4n) is 5.85. The van der Waals surface area contributed by atoms with Crippen molar-refractivity contribution in [2.75, 3.05) is 6.61 Å². The van der Waals surface area contributed by atoms with Gasteiger partial charge < -0.3 is 4.74 Å². The number of halogens is 3. The Hall–Kier alpha value is -2.23. The summed E-state index contributed by atoms with van der Waals surface area (Å²) in [5, 5.41) is 0. The van der Waals surface area contributed by atoms with Crippen LogP contribution in [0.3, 0.4) is 0 Å². The molecule has 0 unspecified atom stereocenters. The van der Waals surface area contributed by atoms with Crippen LogP contribution in [0.25, 0.3) is 6.08 Å². The normalized spacial score (nSPS) is 25.6. The lowest BCUT2D eigenvalue weighted by atomic mass is 9.75. The number of ether oxygens (including phenoxy) is 1. The summed E-state index contributed by atoms with van der Waals surface area (Å²) in [6, 6.07) is 8.71. The van der Waals surface area contributed by atoms with E-state index in [-0.39, 0.29) is 23.4 Å². The maximum atomic E-state index is 15.1. The van der Waals surface area contributed by atoms with Gasteiger partial charge in [-0.25, -0.2) is 13.2 Å². The van der Waals surface area contributed by atoms with Gasteiger partial charge in [-0.3, -0.25) is 0 Å². The summed E-state index contributed by atoms with van der Waals surface area (Å²) in [7, 11) is 0. The Bertz CT molecular complexity index is 983. The van der Waals surface area contributed by atoms with Crippen LogP contribution in [0.2, 0.25) is 0 Å². The molecule has 184 valence electrons. The predicted octanol–water partition coefficient (Wildman–Crippen LogP) is 9.17. The van der Waals surface area contributed by atoms with Gasteiger partial charge >= 0.3 is 0 Å². The second kappa shape index (κ2) is 11.5. The number of hydrogen-bond donors (Lipinski definition) is 0. The van der Waals surface area contributed by atoms with E-state index in [1.165, 1.54) is 12.5 Å². The van der Waals surface area contributed by atoms with Crippen molar-refractivity contribution in [2.45, 2.75) is 83.5 Å². The molecule has 2 saturated carbocycles. The number of allylic oxidation sites excluding steroid dienone is 1. The van der Waals surface area contributed by atoms with Crippen molar-refractivity contribution in [3.8, 4) is 5.75 Å². The highest BCUT2D eigenvalue weighted by Crippen LogP contribution is 2.42. The highest BCUT2D eigenvalue weighted by atomic mass is 19.2. The molecule has 0 amide bonds. The van der Waals surface area contributed by atoms with Crippen molar-refractivity contribution in [1.82, 2.24) is 0 Å². The summed E-state index contributed by atoms with van der Waals surface area (Å²) in [6.07, 6.45) is 12.9. The molecule has 2 aliphatic carbocycles. The summed E-state index contributed by atoms with van der Waals surface area (Å²) >= 11 is 0. The molecule has 1 nitrogen and oxygen atoms in total. The molecule has 2 fully saturated rings. The van der Waals surface area contributed by atoms with Gasteiger partial charge in [-0.05, 0) is 111 Å². The van der Waals surface area contributed by atoms with E-state index in [1.807, 2.05) is 31.2 Å². The molecule has 0 atom stereocenters. The molecule has 2 aromatic rings. The Labute approximate surface area is 202 Å². The first-order valence-electron chi connectivity index (χ1n) is 13.1. The van der Waals surface area contributed by atoms with E-state index < -0.39 is 11.6 Å². The Morgan fingerprint density at radius 3 is 1.91 bits per heavy atom. The standard InChI is InChI=1S/C30H37F3O/c1-3-20-7-12-23(13-8-20)25-16-17-26(30(33)29(25)32)24-14-9-21(10-15-24)5-6-22-11-18-28(34-4-2)27(31)19-22/h5-6,11,16-21,23-24H,3-4,7-10,12-15H2,1-2H3. The van der Waals surface area contributed by atoms with E-state index in [2.05, 4.69) is 13.0 Å².